The first kappa shape index (κ1) is 18.0. The summed E-state index contributed by atoms with van der Waals surface area (Å²) in [5, 5.41) is 5.78. The number of nitrogens with zero attached hydrogens (tertiary/aromatic N) is 1. The van der Waals surface area contributed by atoms with Gasteiger partial charge in [0.2, 0.25) is 5.91 Å². The highest BCUT2D eigenvalue weighted by molar-refractivity contribution is 5.76. The van der Waals surface area contributed by atoms with Crippen LogP contribution in [0.25, 0.3) is 0 Å². The molecule has 1 saturated heterocycles. The summed E-state index contributed by atoms with van der Waals surface area (Å²) in [6.07, 6.45) is 6.94. The van der Waals surface area contributed by atoms with Crippen molar-refractivity contribution in [2.75, 3.05) is 26.2 Å². The summed E-state index contributed by atoms with van der Waals surface area (Å²) in [4.78, 5) is 25.8. The number of carbonyl (C=O) groups excluding carboxylic acids is 2. The summed E-state index contributed by atoms with van der Waals surface area (Å²) < 4.78 is 5.62. The minimum Gasteiger partial charge on any atom is -0.372 e. The molecule has 23 heavy (non-hydrogen) atoms. The zero-order chi connectivity index (χ0) is 16.7. The Balaban J connectivity index is 1.57. The summed E-state index contributed by atoms with van der Waals surface area (Å²) in [5.41, 5.74) is 0. The van der Waals surface area contributed by atoms with Crippen molar-refractivity contribution < 1.29 is 14.3 Å². The molecule has 2 rings (SSSR count). The van der Waals surface area contributed by atoms with E-state index in [1.807, 2.05) is 13.8 Å². The summed E-state index contributed by atoms with van der Waals surface area (Å²) in [6, 6.07) is -0.0754. The van der Waals surface area contributed by atoms with E-state index in [1.165, 1.54) is 32.1 Å². The molecule has 2 atom stereocenters. The van der Waals surface area contributed by atoms with Gasteiger partial charge in [0.1, 0.15) is 0 Å². The molecular formula is C17H31N3O3. The van der Waals surface area contributed by atoms with Crippen LogP contribution in [0.15, 0.2) is 0 Å². The molecule has 1 aliphatic heterocycles. The van der Waals surface area contributed by atoms with E-state index >= 15 is 0 Å². The van der Waals surface area contributed by atoms with Gasteiger partial charge in [-0.2, -0.15) is 0 Å². The van der Waals surface area contributed by atoms with Crippen molar-refractivity contribution in [3.05, 3.63) is 0 Å². The van der Waals surface area contributed by atoms with E-state index in [0.717, 1.165) is 0 Å². The molecular weight excluding hydrogens is 294 g/mol. The molecule has 6 heteroatoms. The normalized spacial score (nSPS) is 25.9. The van der Waals surface area contributed by atoms with E-state index < -0.39 is 0 Å². The number of amides is 3. The lowest BCUT2D eigenvalue weighted by molar-refractivity contribution is -0.122. The Hall–Kier alpha value is -1.30. The number of carbonyl (C=O) groups is 2. The van der Waals surface area contributed by atoms with Crippen molar-refractivity contribution >= 4 is 11.9 Å². The van der Waals surface area contributed by atoms with E-state index in [9.17, 15) is 9.59 Å². The Bertz CT molecular complexity index is 387. The molecule has 1 aliphatic carbocycles. The van der Waals surface area contributed by atoms with E-state index in [-0.39, 0.29) is 24.1 Å². The zero-order valence-electron chi connectivity index (χ0n) is 14.5. The van der Waals surface area contributed by atoms with Crippen molar-refractivity contribution in [1.82, 2.24) is 15.5 Å². The Kier molecular flexibility index (Phi) is 7.15. The summed E-state index contributed by atoms with van der Waals surface area (Å²) >= 11 is 0. The number of nitrogens with one attached hydrogen (secondary N) is 2. The molecule has 0 spiro atoms. The maximum atomic E-state index is 12.1. The van der Waals surface area contributed by atoms with Crippen LogP contribution in [-0.2, 0) is 9.53 Å². The maximum absolute atomic E-state index is 12.1. The second-order valence-electron chi connectivity index (χ2n) is 6.95. The first-order valence-corrected chi connectivity index (χ1v) is 8.99. The molecule has 2 aliphatic rings. The monoisotopic (exact) mass is 325 g/mol. The third-order valence-electron chi connectivity index (χ3n) is 4.63. The fraction of sp³-hybridized carbons (Fsp3) is 0.882. The van der Waals surface area contributed by atoms with Crippen LogP contribution in [-0.4, -0.2) is 55.2 Å². The zero-order valence-corrected chi connectivity index (χ0v) is 14.5. The first-order chi connectivity index (χ1) is 11.0. The Morgan fingerprint density at radius 2 is 1.61 bits per heavy atom. The molecule has 0 unspecified atom stereocenters. The van der Waals surface area contributed by atoms with Gasteiger partial charge in [0.15, 0.2) is 0 Å². The van der Waals surface area contributed by atoms with Crippen molar-refractivity contribution in [2.24, 2.45) is 5.92 Å². The molecule has 0 aromatic rings. The minimum absolute atomic E-state index is 0.0692. The van der Waals surface area contributed by atoms with Crippen LogP contribution in [0.4, 0.5) is 4.79 Å². The van der Waals surface area contributed by atoms with E-state index in [0.29, 0.717) is 38.5 Å². The van der Waals surface area contributed by atoms with Crippen LogP contribution in [0.1, 0.15) is 52.4 Å². The molecule has 0 bridgehead atoms. The van der Waals surface area contributed by atoms with Crippen molar-refractivity contribution in [3.8, 4) is 0 Å². The van der Waals surface area contributed by atoms with Gasteiger partial charge in [-0.1, -0.05) is 19.3 Å². The third-order valence-corrected chi connectivity index (χ3v) is 4.63. The summed E-state index contributed by atoms with van der Waals surface area (Å²) in [7, 11) is 0. The van der Waals surface area contributed by atoms with Crippen LogP contribution in [0.5, 0.6) is 0 Å². The molecule has 0 radical (unpaired) electrons. The van der Waals surface area contributed by atoms with E-state index in [2.05, 4.69) is 10.6 Å². The Morgan fingerprint density at radius 3 is 2.26 bits per heavy atom. The predicted molar refractivity (Wildman–Crippen MR) is 89.2 cm³/mol. The van der Waals surface area contributed by atoms with Gasteiger partial charge in [-0.3, -0.25) is 4.79 Å². The standard InChI is InChI=1S/C17H31N3O3/c1-13-11-20(12-14(2)23-13)17(22)19-9-8-18-16(21)10-15-6-4-3-5-7-15/h13-15H,3-12H2,1-2H3,(H,18,21)(H,19,22)/t13-,14-/m0/s1. The van der Waals surface area contributed by atoms with Crippen molar-refractivity contribution in [3.63, 3.8) is 0 Å². The lowest BCUT2D eigenvalue weighted by atomic mass is 9.87. The number of ether oxygens (including phenoxy) is 1. The van der Waals surface area contributed by atoms with E-state index in [1.54, 1.807) is 4.90 Å². The Morgan fingerprint density at radius 1 is 1.00 bits per heavy atom. The molecule has 0 aromatic heterocycles. The van der Waals surface area contributed by atoms with Crippen LogP contribution in [0, 0.1) is 5.92 Å². The largest absolute Gasteiger partial charge is 0.372 e. The van der Waals surface area contributed by atoms with Gasteiger partial charge < -0.3 is 20.3 Å². The van der Waals surface area contributed by atoms with Crippen molar-refractivity contribution in [2.45, 2.75) is 64.6 Å². The molecule has 1 saturated carbocycles. The fourth-order valence-corrected chi connectivity index (χ4v) is 3.55. The Labute approximate surface area is 139 Å². The molecule has 1 heterocycles. The predicted octanol–water partition coefficient (Wildman–Crippen LogP) is 1.89. The highest BCUT2D eigenvalue weighted by atomic mass is 16.5. The van der Waals surface area contributed by atoms with Gasteiger partial charge in [0.25, 0.3) is 0 Å². The first-order valence-electron chi connectivity index (χ1n) is 8.99. The SMILES string of the molecule is C[C@H]1CN(C(=O)NCCNC(=O)CC2CCCCC2)C[C@H](C)O1. The second-order valence-corrected chi connectivity index (χ2v) is 6.95. The molecule has 2 fully saturated rings. The molecule has 2 N–H and O–H groups in total. The lowest BCUT2D eigenvalue weighted by Crippen LogP contribution is -2.52. The highest BCUT2D eigenvalue weighted by Crippen LogP contribution is 2.25. The van der Waals surface area contributed by atoms with Gasteiger partial charge in [-0.05, 0) is 32.6 Å². The average molecular weight is 325 g/mol. The molecule has 0 aromatic carbocycles. The average Bonchev–Trinajstić information content (AvgIpc) is 2.51. The number of rotatable bonds is 5. The third kappa shape index (κ3) is 6.37. The number of hydrogen-bond donors (Lipinski definition) is 2. The minimum atomic E-state index is -0.0754. The number of morpholine rings is 1. The molecule has 132 valence electrons. The van der Waals surface area contributed by atoms with Gasteiger partial charge in [0.05, 0.1) is 12.2 Å². The van der Waals surface area contributed by atoms with Crippen LogP contribution >= 0.6 is 0 Å². The maximum Gasteiger partial charge on any atom is 0.317 e. The molecule has 6 nitrogen and oxygen atoms in total. The van der Waals surface area contributed by atoms with Crippen molar-refractivity contribution in [1.29, 1.82) is 0 Å². The highest BCUT2D eigenvalue weighted by Gasteiger charge is 2.25. The van der Waals surface area contributed by atoms with Crippen LogP contribution in [0.2, 0.25) is 0 Å². The van der Waals surface area contributed by atoms with Gasteiger partial charge in [-0.15, -0.1) is 0 Å². The van der Waals surface area contributed by atoms with Crippen LogP contribution in [0.3, 0.4) is 0 Å². The summed E-state index contributed by atoms with van der Waals surface area (Å²) in [6.45, 7) is 6.14. The van der Waals surface area contributed by atoms with Gasteiger partial charge in [-0.25, -0.2) is 4.79 Å². The topological polar surface area (TPSA) is 70.7 Å². The van der Waals surface area contributed by atoms with E-state index in [4.69, 9.17) is 4.74 Å². The quantitative estimate of drug-likeness (QED) is 0.758. The van der Waals surface area contributed by atoms with Gasteiger partial charge in [0, 0.05) is 32.6 Å². The summed E-state index contributed by atoms with van der Waals surface area (Å²) in [5.74, 6) is 0.662. The van der Waals surface area contributed by atoms with Gasteiger partial charge >= 0.3 is 6.03 Å². The number of hydrogen-bond acceptors (Lipinski definition) is 3. The lowest BCUT2D eigenvalue weighted by Gasteiger charge is -2.35. The molecule has 3 amide bonds. The fourth-order valence-electron chi connectivity index (χ4n) is 3.55. The second kappa shape index (κ2) is 9.11. The van der Waals surface area contributed by atoms with Crippen LogP contribution < -0.4 is 10.6 Å². The number of urea groups is 1. The smallest absolute Gasteiger partial charge is 0.317 e.